The predicted molar refractivity (Wildman–Crippen MR) is 98.8 cm³/mol. The van der Waals surface area contributed by atoms with Gasteiger partial charge in [-0.25, -0.2) is 0 Å². The Labute approximate surface area is 154 Å². The number of carbonyl (C=O) groups is 3. The molecule has 26 heavy (non-hydrogen) atoms. The molecule has 2 amide bonds. The summed E-state index contributed by atoms with van der Waals surface area (Å²) in [5, 5.41) is 11.6. The predicted octanol–water partition coefficient (Wildman–Crippen LogP) is 2.69. The molecule has 1 aliphatic heterocycles. The Bertz CT molecular complexity index is 632. The molecule has 1 aliphatic rings. The second-order valence-electron chi connectivity index (χ2n) is 7.22. The van der Waals surface area contributed by atoms with Gasteiger partial charge in [-0.1, -0.05) is 24.6 Å². The van der Waals surface area contributed by atoms with Gasteiger partial charge in [-0.05, 0) is 44.7 Å². The molecule has 0 bridgehead atoms. The largest absolute Gasteiger partial charge is 0.481 e. The van der Waals surface area contributed by atoms with E-state index in [1.807, 2.05) is 25.1 Å². The summed E-state index contributed by atoms with van der Waals surface area (Å²) < 4.78 is 0. The van der Waals surface area contributed by atoms with Gasteiger partial charge in [0.2, 0.25) is 5.91 Å². The molecule has 1 saturated heterocycles. The molecule has 6 nitrogen and oxygen atoms in total. The quantitative estimate of drug-likeness (QED) is 0.698. The standard InChI is InChI=1S/C20H28N2O4/c1-20(19(26)21-13-7-3-6-11-17(23)24)12-8-14-22(15-20)18(25)16-9-4-2-5-10-16/h2,4-5,9-10H,3,6-8,11-15H2,1H3,(H,21,26)(H,23,24). The zero-order chi connectivity index (χ0) is 19.0. The third-order valence-electron chi connectivity index (χ3n) is 4.91. The molecule has 1 fully saturated rings. The van der Waals surface area contributed by atoms with Crippen molar-refractivity contribution in [1.29, 1.82) is 0 Å². The fourth-order valence-corrected chi connectivity index (χ4v) is 3.35. The van der Waals surface area contributed by atoms with E-state index in [-0.39, 0.29) is 18.2 Å². The van der Waals surface area contributed by atoms with E-state index in [1.165, 1.54) is 0 Å². The molecule has 1 heterocycles. The van der Waals surface area contributed by atoms with Gasteiger partial charge in [-0.3, -0.25) is 14.4 Å². The zero-order valence-corrected chi connectivity index (χ0v) is 15.4. The van der Waals surface area contributed by atoms with Crippen molar-refractivity contribution in [2.75, 3.05) is 19.6 Å². The summed E-state index contributed by atoms with van der Waals surface area (Å²) in [5.41, 5.74) is 0.0691. The van der Waals surface area contributed by atoms with Crippen molar-refractivity contribution in [2.45, 2.75) is 45.4 Å². The SMILES string of the molecule is CC1(C(=O)NCCCCCC(=O)O)CCCN(C(=O)c2ccccc2)C1. The average molecular weight is 360 g/mol. The first-order chi connectivity index (χ1) is 12.4. The molecule has 142 valence electrons. The van der Waals surface area contributed by atoms with Crippen LogP contribution < -0.4 is 5.32 Å². The Kier molecular flexibility index (Phi) is 7.18. The van der Waals surface area contributed by atoms with Crippen molar-refractivity contribution in [3.8, 4) is 0 Å². The lowest BCUT2D eigenvalue weighted by Gasteiger charge is -2.39. The Hall–Kier alpha value is -2.37. The van der Waals surface area contributed by atoms with E-state index in [4.69, 9.17) is 5.11 Å². The Morgan fingerprint density at radius 2 is 1.88 bits per heavy atom. The second kappa shape index (κ2) is 9.36. The molecule has 0 spiro atoms. The van der Waals surface area contributed by atoms with Gasteiger partial charge in [-0.2, -0.15) is 0 Å². The van der Waals surface area contributed by atoms with E-state index in [1.54, 1.807) is 17.0 Å². The highest BCUT2D eigenvalue weighted by Gasteiger charge is 2.39. The van der Waals surface area contributed by atoms with Crippen LogP contribution in [0.5, 0.6) is 0 Å². The normalized spacial score (nSPS) is 19.8. The number of amides is 2. The molecule has 2 rings (SSSR count). The van der Waals surface area contributed by atoms with Gasteiger partial charge < -0.3 is 15.3 Å². The van der Waals surface area contributed by atoms with Crippen LogP contribution in [0.2, 0.25) is 0 Å². The van der Waals surface area contributed by atoms with Crippen LogP contribution in [0.25, 0.3) is 0 Å². The number of unbranched alkanes of at least 4 members (excludes halogenated alkanes) is 2. The fraction of sp³-hybridized carbons (Fsp3) is 0.550. The van der Waals surface area contributed by atoms with Crippen LogP contribution in [0.3, 0.4) is 0 Å². The summed E-state index contributed by atoms with van der Waals surface area (Å²) in [5.74, 6) is -0.841. The monoisotopic (exact) mass is 360 g/mol. The summed E-state index contributed by atoms with van der Waals surface area (Å²) in [6.45, 7) is 3.55. The minimum absolute atomic E-state index is 0.0266. The third kappa shape index (κ3) is 5.58. The third-order valence-corrected chi connectivity index (χ3v) is 4.91. The maximum absolute atomic E-state index is 12.6. The summed E-state index contributed by atoms with van der Waals surface area (Å²) in [6, 6.07) is 9.15. The maximum Gasteiger partial charge on any atom is 0.303 e. The van der Waals surface area contributed by atoms with Gasteiger partial charge >= 0.3 is 5.97 Å². The van der Waals surface area contributed by atoms with Gasteiger partial charge in [-0.15, -0.1) is 0 Å². The van der Waals surface area contributed by atoms with Gasteiger partial charge in [0, 0.05) is 31.6 Å². The Balaban J connectivity index is 1.83. The van der Waals surface area contributed by atoms with Crippen LogP contribution >= 0.6 is 0 Å². The highest BCUT2D eigenvalue weighted by molar-refractivity contribution is 5.95. The smallest absolute Gasteiger partial charge is 0.303 e. The van der Waals surface area contributed by atoms with Gasteiger partial charge in [0.15, 0.2) is 0 Å². The maximum atomic E-state index is 12.6. The van der Waals surface area contributed by atoms with Crippen molar-refractivity contribution in [1.82, 2.24) is 10.2 Å². The molecule has 1 aromatic carbocycles. The molecular formula is C20H28N2O4. The van der Waals surface area contributed by atoms with Crippen LogP contribution in [-0.4, -0.2) is 47.4 Å². The fourth-order valence-electron chi connectivity index (χ4n) is 3.35. The van der Waals surface area contributed by atoms with E-state index in [0.717, 1.165) is 25.7 Å². The summed E-state index contributed by atoms with van der Waals surface area (Å²) >= 11 is 0. The van der Waals surface area contributed by atoms with Gasteiger partial charge in [0.1, 0.15) is 0 Å². The van der Waals surface area contributed by atoms with Gasteiger partial charge in [0.05, 0.1) is 5.41 Å². The van der Waals surface area contributed by atoms with Crippen molar-refractivity contribution < 1.29 is 19.5 Å². The number of hydrogen-bond acceptors (Lipinski definition) is 3. The first-order valence-electron chi connectivity index (χ1n) is 9.27. The number of benzene rings is 1. The van der Waals surface area contributed by atoms with Gasteiger partial charge in [0.25, 0.3) is 5.91 Å². The van der Waals surface area contributed by atoms with Crippen LogP contribution in [-0.2, 0) is 9.59 Å². The van der Waals surface area contributed by atoms with E-state index in [2.05, 4.69) is 5.32 Å². The molecule has 2 N–H and O–H groups in total. The Morgan fingerprint density at radius 1 is 1.15 bits per heavy atom. The number of likely N-dealkylation sites (tertiary alicyclic amines) is 1. The van der Waals surface area contributed by atoms with E-state index < -0.39 is 11.4 Å². The number of rotatable bonds is 8. The second-order valence-corrected chi connectivity index (χ2v) is 7.22. The Morgan fingerprint density at radius 3 is 2.58 bits per heavy atom. The highest BCUT2D eigenvalue weighted by Crippen LogP contribution is 2.30. The lowest BCUT2D eigenvalue weighted by molar-refractivity contribution is -0.137. The van der Waals surface area contributed by atoms with E-state index >= 15 is 0 Å². The zero-order valence-electron chi connectivity index (χ0n) is 15.4. The lowest BCUT2D eigenvalue weighted by Crippen LogP contribution is -2.52. The number of piperidine rings is 1. The minimum atomic E-state index is -0.785. The molecule has 6 heteroatoms. The van der Waals surface area contributed by atoms with Crippen LogP contribution in [0, 0.1) is 5.41 Å². The summed E-state index contributed by atoms with van der Waals surface area (Å²) in [4.78, 5) is 37.5. The molecule has 0 saturated carbocycles. The van der Waals surface area contributed by atoms with Crippen molar-refractivity contribution in [2.24, 2.45) is 5.41 Å². The number of carboxylic acids is 1. The van der Waals surface area contributed by atoms with Crippen molar-refractivity contribution in [3.05, 3.63) is 35.9 Å². The van der Waals surface area contributed by atoms with Crippen LogP contribution in [0.15, 0.2) is 30.3 Å². The average Bonchev–Trinajstić information content (AvgIpc) is 2.64. The number of nitrogens with one attached hydrogen (secondary N) is 1. The molecule has 1 atom stereocenters. The first-order valence-corrected chi connectivity index (χ1v) is 9.27. The molecule has 0 aliphatic carbocycles. The first kappa shape index (κ1) is 19.9. The van der Waals surface area contributed by atoms with E-state index in [9.17, 15) is 14.4 Å². The van der Waals surface area contributed by atoms with Crippen molar-refractivity contribution >= 4 is 17.8 Å². The van der Waals surface area contributed by atoms with Crippen LogP contribution in [0.4, 0.5) is 0 Å². The minimum Gasteiger partial charge on any atom is -0.481 e. The van der Waals surface area contributed by atoms with Crippen molar-refractivity contribution in [3.63, 3.8) is 0 Å². The molecule has 0 radical (unpaired) electrons. The molecule has 0 aromatic heterocycles. The number of aliphatic carboxylic acids is 1. The number of hydrogen-bond donors (Lipinski definition) is 2. The van der Waals surface area contributed by atoms with Crippen LogP contribution in [0.1, 0.15) is 55.8 Å². The van der Waals surface area contributed by atoms with E-state index in [0.29, 0.717) is 31.6 Å². The number of nitrogens with zero attached hydrogens (tertiary/aromatic N) is 1. The molecule has 1 unspecified atom stereocenters. The summed E-state index contributed by atoms with van der Waals surface area (Å²) in [7, 11) is 0. The topological polar surface area (TPSA) is 86.7 Å². The summed E-state index contributed by atoms with van der Waals surface area (Å²) in [6.07, 6.45) is 3.91. The number of carboxylic acid groups (broad SMARTS) is 1. The number of carbonyl (C=O) groups excluding carboxylic acids is 2. The highest BCUT2D eigenvalue weighted by atomic mass is 16.4. The lowest BCUT2D eigenvalue weighted by atomic mass is 9.80. The molecular weight excluding hydrogens is 332 g/mol. The molecule has 1 aromatic rings.